The Labute approximate surface area is 118 Å². The van der Waals surface area contributed by atoms with Crippen LogP contribution in [0.1, 0.15) is 40.5 Å². The average molecular weight is 292 g/mol. The number of rotatable bonds is 6. The second-order valence-corrected chi connectivity index (χ2v) is 8.16. The fourth-order valence-corrected chi connectivity index (χ4v) is 3.67. The molecule has 1 aliphatic rings. The molecule has 0 radical (unpaired) electrons. The van der Waals surface area contributed by atoms with Crippen LogP contribution in [0.3, 0.4) is 0 Å². The molecule has 0 aromatic heterocycles. The monoisotopic (exact) mass is 292 g/mol. The van der Waals surface area contributed by atoms with Crippen LogP contribution in [0.25, 0.3) is 0 Å². The van der Waals surface area contributed by atoms with E-state index < -0.39 is 10.2 Å². The molecule has 1 rings (SSSR count). The van der Waals surface area contributed by atoms with Crippen molar-refractivity contribution in [3.05, 3.63) is 0 Å². The van der Waals surface area contributed by atoms with Gasteiger partial charge in [-0.25, -0.2) is 0 Å². The van der Waals surface area contributed by atoms with Gasteiger partial charge in [0.1, 0.15) is 0 Å². The first-order valence-electron chi connectivity index (χ1n) is 7.10. The van der Waals surface area contributed by atoms with Crippen molar-refractivity contribution in [3.63, 3.8) is 0 Å². The second kappa shape index (κ2) is 7.02. The first-order valence-corrected chi connectivity index (χ1v) is 8.50. The van der Waals surface area contributed by atoms with Crippen LogP contribution in [0.5, 0.6) is 0 Å². The second-order valence-electron chi connectivity index (χ2n) is 6.23. The van der Waals surface area contributed by atoms with Crippen molar-refractivity contribution in [2.45, 2.75) is 40.5 Å². The van der Waals surface area contributed by atoms with E-state index >= 15 is 0 Å². The van der Waals surface area contributed by atoms with Crippen molar-refractivity contribution in [1.29, 1.82) is 0 Å². The van der Waals surface area contributed by atoms with Gasteiger partial charge in [0.2, 0.25) is 0 Å². The molecule has 0 unspecified atom stereocenters. The lowest BCUT2D eigenvalue weighted by atomic mass is 9.92. The molecule has 0 bridgehead atoms. The molecular formula is C13H28N2O3S. The molecule has 0 saturated carbocycles. The van der Waals surface area contributed by atoms with Crippen LogP contribution in [0.2, 0.25) is 0 Å². The Morgan fingerprint density at radius 2 is 1.74 bits per heavy atom. The highest BCUT2D eigenvalue weighted by Gasteiger charge is 2.30. The first kappa shape index (κ1) is 16.9. The molecule has 1 heterocycles. The van der Waals surface area contributed by atoms with Crippen LogP contribution in [0.4, 0.5) is 0 Å². The largest absolute Gasteiger partial charge is 0.379 e. The van der Waals surface area contributed by atoms with E-state index in [1.807, 2.05) is 6.92 Å². The van der Waals surface area contributed by atoms with Gasteiger partial charge in [0.25, 0.3) is 10.2 Å². The summed E-state index contributed by atoms with van der Waals surface area (Å²) in [6.45, 7) is 11.5. The topological polar surface area (TPSA) is 49.9 Å². The van der Waals surface area contributed by atoms with Crippen molar-refractivity contribution in [1.82, 2.24) is 8.61 Å². The Hall–Kier alpha value is -0.170. The molecule has 114 valence electrons. The molecule has 6 heteroatoms. The molecule has 0 N–H and O–H groups in total. The van der Waals surface area contributed by atoms with E-state index in [0.29, 0.717) is 39.4 Å². The minimum absolute atomic E-state index is 0.145. The normalized spacial score (nSPS) is 19.0. The third-order valence-electron chi connectivity index (χ3n) is 3.21. The van der Waals surface area contributed by atoms with Gasteiger partial charge in [-0.15, -0.1) is 0 Å². The summed E-state index contributed by atoms with van der Waals surface area (Å²) >= 11 is 0. The first-order chi connectivity index (χ1) is 8.77. The van der Waals surface area contributed by atoms with Gasteiger partial charge in [-0.1, -0.05) is 27.7 Å². The van der Waals surface area contributed by atoms with Crippen molar-refractivity contribution in [2.75, 3.05) is 39.4 Å². The lowest BCUT2D eigenvalue weighted by Gasteiger charge is -2.33. The maximum atomic E-state index is 12.6. The molecule has 1 saturated heterocycles. The highest BCUT2D eigenvalue weighted by atomic mass is 32.2. The predicted octanol–water partition coefficient (Wildman–Crippen LogP) is 1.71. The third-order valence-corrected chi connectivity index (χ3v) is 5.24. The summed E-state index contributed by atoms with van der Waals surface area (Å²) < 4.78 is 33.6. The summed E-state index contributed by atoms with van der Waals surface area (Å²) in [7, 11) is -3.32. The van der Waals surface area contributed by atoms with Gasteiger partial charge in [-0.3, -0.25) is 0 Å². The van der Waals surface area contributed by atoms with Crippen molar-refractivity contribution >= 4 is 10.2 Å². The quantitative estimate of drug-likeness (QED) is 0.749. The minimum atomic E-state index is -3.32. The van der Waals surface area contributed by atoms with Crippen LogP contribution < -0.4 is 0 Å². The van der Waals surface area contributed by atoms with Gasteiger partial charge in [-0.05, 0) is 18.3 Å². The van der Waals surface area contributed by atoms with E-state index in [0.717, 1.165) is 12.8 Å². The lowest BCUT2D eigenvalue weighted by Crippen LogP contribution is -2.49. The van der Waals surface area contributed by atoms with Crippen LogP contribution in [-0.2, 0) is 14.9 Å². The Bertz CT molecular complexity index is 357. The molecule has 0 aromatic rings. The smallest absolute Gasteiger partial charge is 0.282 e. The molecular weight excluding hydrogens is 264 g/mol. The van der Waals surface area contributed by atoms with Gasteiger partial charge in [0.15, 0.2) is 0 Å². The number of hydrogen-bond donors (Lipinski definition) is 0. The van der Waals surface area contributed by atoms with Crippen molar-refractivity contribution in [2.24, 2.45) is 5.41 Å². The van der Waals surface area contributed by atoms with E-state index in [1.54, 1.807) is 8.61 Å². The fourth-order valence-electron chi connectivity index (χ4n) is 1.99. The Balaban J connectivity index is 2.72. The fraction of sp³-hybridized carbons (Fsp3) is 1.00. The van der Waals surface area contributed by atoms with E-state index in [-0.39, 0.29) is 5.41 Å². The zero-order valence-corrected chi connectivity index (χ0v) is 13.5. The van der Waals surface area contributed by atoms with Gasteiger partial charge < -0.3 is 4.74 Å². The number of morpholine rings is 1. The summed E-state index contributed by atoms with van der Waals surface area (Å²) in [5.74, 6) is 0. The average Bonchev–Trinajstić information content (AvgIpc) is 2.34. The summed E-state index contributed by atoms with van der Waals surface area (Å²) in [6, 6.07) is 0. The van der Waals surface area contributed by atoms with Crippen LogP contribution in [0.15, 0.2) is 0 Å². The van der Waals surface area contributed by atoms with Crippen LogP contribution in [0, 0.1) is 5.41 Å². The van der Waals surface area contributed by atoms with E-state index in [2.05, 4.69) is 20.8 Å². The molecule has 19 heavy (non-hydrogen) atoms. The summed E-state index contributed by atoms with van der Waals surface area (Å²) in [6.07, 6.45) is 1.71. The molecule has 1 fully saturated rings. The number of hydrogen-bond acceptors (Lipinski definition) is 3. The van der Waals surface area contributed by atoms with E-state index in [9.17, 15) is 8.42 Å². The highest BCUT2D eigenvalue weighted by Crippen LogP contribution is 2.21. The number of ether oxygens (including phenoxy) is 1. The SMILES string of the molecule is CCCN(CCC(C)(C)C)S(=O)(=O)N1CCOCC1. The van der Waals surface area contributed by atoms with Crippen molar-refractivity contribution in [3.8, 4) is 0 Å². The number of nitrogens with zero attached hydrogens (tertiary/aromatic N) is 2. The van der Waals surface area contributed by atoms with Crippen LogP contribution >= 0.6 is 0 Å². The maximum Gasteiger partial charge on any atom is 0.282 e. The Morgan fingerprint density at radius 1 is 1.16 bits per heavy atom. The molecule has 5 nitrogen and oxygen atoms in total. The van der Waals surface area contributed by atoms with Gasteiger partial charge >= 0.3 is 0 Å². The molecule has 0 spiro atoms. The molecule has 0 amide bonds. The maximum absolute atomic E-state index is 12.6. The molecule has 0 aromatic carbocycles. The molecule has 0 aliphatic carbocycles. The van der Waals surface area contributed by atoms with Gasteiger partial charge in [0.05, 0.1) is 13.2 Å². The van der Waals surface area contributed by atoms with Crippen LogP contribution in [-0.4, -0.2) is 56.4 Å². The lowest BCUT2D eigenvalue weighted by molar-refractivity contribution is 0.0699. The standard InChI is InChI=1S/C13H28N2O3S/c1-5-7-14(8-6-13(2,3)4)19(16,17)15-9-11-18-12-10-15/h5-12H2,1-4H3. The van der Waals surface area contributed by atoms with Gasteiger partial charge in [0, 0.05) is 26.2 Å². The highest BCUT2D eigenvalue weighted by molar-refractivity contribution is 7.86. The Morgan fingerprint density at radius 3 is 2.21 bits per heavy atom. The minimum Gasteiger partial charge on any atom is -0.379 e. The van der Waals surface area contributed by atoms with Gasteiger partial charge in [-0.2, -0.15) is 17.0 Å². The van der Waals surface area contributed by atoms with Crippen molar-refractivity contribution < 1.29 is 13.2 Å². The molecule has 0 atom stereocenters. The zero-order chi connectivity index (χ0) is 14.5. The summed E-state index contributed by atoms with van der Waals surface area (Å²) in [4.78, 5) is 0. The predicted molar refractivity (Wildman–Crippen MR) is 77.2 cm³/mol. The Kier molecular flexibility index (Phi) is 6.23. The zero-order valence-electron chi connectivity index (χ0n) is 12.7. The van der Waals surface area contributed by atoms with E-state index in [1.165, 1.54) is 0 Å². The summed E-state index contributed by atoms with van der Waals surface area (Å²) in [5, 5.41) is 0. The third kappa shape index (κ3) is 5.38. The van der Waals surface area contributed by atoms with E-state index in [4.69, 9.17) is 4.74 Å². The molecule has 1 aliphatic heterocycles. The summed E-state index contributed by atoms with van der Waals surface area (Å²) in [5.41, 5.74) is 0.145.